The third kappa shape index (κ3) is 2.30. The van der Waals surface area contributed by atoms with E-state index in [0.717, 1.165) is 37.3 Å². The van der Waals surface area contributed by atoms with Gasteiger partial charge in [0.25, 0.3) is 0 Å². The number of piperidine rings is 3. The molecule has 4 heteroatoms. The number of hydrogen-bond acceptors (Lipinski definition) is 3. The minimum Gasteiger partial charge on any atom is -0.319 e. The van der Waals surface area contributed by atoms with Crippen molar-refractivity contribution >= 4 is 5.91 Å². The van der Waals surface area contributed by atoms with E-state index in [9.17, 15) is 4.79 Å². The van der Waals surface area contributed by atoms with Gasteiger partial charge in [0.15, 0.2) is 0 Å². The fourth-order valence-electron chi connectivity index (χ4n) is 6.85. The Morgan fingerprint density at radius 1 is 1.36 bits per heavy atom. The molecule has 0 saturated carbocycles. The summed E-state index contributed by atoms with van der Waals surface area (Å²) >= 11 is 0. The molecule has 5 fully saturated rings. The number of hydrogen-bond donors (Lipinski definition) is 0. The Morgan fingerprint density at radius 2 is 2.24 bits per heavy atom. The maximum atomic E-state index is 11.9. The van der Waals surface area contributed by atoms with Gasteiger partial charge in [0, 0.05) is 44.3 Å². The van der Waals surface area contributed by atoms with Crippen molar-refractivity contribution in [2.75, 3.05) is 13.1 Å². The molecule has 6 heterocycles. The van der Waals surface area contributed by atoms with Crippen LogP contribution in [0, 0.1) is 11.8 Å². The van der Waals surface area contributed by atoms with Crippen LogP contribution in [0.15, 0.2) is 24.4 Å². The van der Waals surface area contributed by atoms with Gasteiger partial charge in [-0.2, -0.15) is 0 Å². The van der Waals surface area contributed by atoms with Crippen LogP contribution in [0.4, 0.5) is 0 Å². The van der Waals surface area contributed by atoms with Crippen LogP contribution in [0.1, 0.15) is 51.9 Å². The molecule has 1 amide bonds. The van der Waals surface area contributed by atoms with Gasteiger partial charge >= 0.3 is 0 Å². The summed E-state index contributed by atoms with van der Waals surface area (Å²) in [5.41, 5.74) is 1.54. The monoisotopic (exact) mass is 341 g/mol. The summed E-state index contributed by atoms with van der Waals surface area (Å²) in [6.07, 6.45) is 13.9. The highest BCUT2D eigenvalue weighted by Crippen LogP contribution is 2.54. The molecule has 5 saturated heterocycles. The van der Waals surface area contributed by atoms with Crippen molar-refractivity contribution in [3.63, 3.8) is 0 Å². The van der Waals surface area contributed by atoms with E-state index in [0.29, 0.717) is 18.2 Å². The topological polar surface area (TPSA) is 26.8 Å². The summed E-state index contributed by atoms with van der Waals surface area (Å²) in [7, 11) is 0. The van der Waals surface area contributed by atoms with Gasteiger partial charge in [-0.05, 0) is 62.4 Å². The van der Waals surface area contributed by atoms with E-state index in [1.807, 2.05) is 4.90 Å². The predicted molar refractivity (Wildman–Crippen MR) is 98.7 cm³/mol. The van der Waals surface area contributed by atoms with Gasteiger partial charge in [0.05, 0.1) is 6.17 Å². The second kappa shape index (κ2) is 5.95. The van der Waals surface area contributed by atoms with Gasteiger partial charge in [-0.3, -0.25) is 14.6 Å². The van der Waals surface area contributed by atoms with Gasteiger partial charge in [0.2, 0.25) is 5.91 Å². The summed E-state index contributed by atoms with van der Waals surface area (Å²) in [6.45, 7) is 7.97. The zero-order valence-corrected chi connectivity index (χ0v) is 15.4. The third-order valence-electron chi connectivity index (χ3n) is 7.66. The van der Waals surface area contributed by atoms with Crippen molar-refractivity contribution in [3.8, 4) is 0 Å². The Bertz CT molecular complexity index is 614. The van der Waals surface area contributed by atoms with Crippen molar-refractivity contribution in [3.05, 3.63) is 24.4 Å². The lowest BCUT2D eigenvalue weighted by Crippen LogP contribution is -2.79. The summed E-state index contributed by atoms with van der Waals surface area (Å²) in [4.78, 5) is 19.6. The van der Waals surface area contributed by atoms with E-state index >= 15 is 0 Å². The Hall–Kier alpha value is -1.13. The summed E-state index contributed by atoms with van der Waals surface area (Å²) < 4.78 is 0. The van der Waals surface area contributed by atoms with Crippen molar-refractivity contribution in [2.45, 2.75) is 76.2 Å². The van der Waals surface area contributed by atoms with Gasteiger partial charge in [-0.25, -0.2) is 0 Å². The molecule has 0 aromatic heterocycles. The van der Waals surface area contributed by atoms with E-state index in [2.05, 4.69) is 28.7 Å². The molecule has 6 aliphatic heterocycles. The molecule has 6 rings (SSSR count). The van der Waals surface area contributed by atoms with E-state index in [-0.39, 0.29) is 5.91 Å². The van der Waals surface area contributed by atoms with Crippen molar-refractivity contribution < 1.29 is 4.79 Å². The molecule has 0 aliphatic carbocycles. The third-order valence-corrected chi connectivity index (χ3v) is 7.66. The zero-order chi connectivity index (χ0) is 17.1. The van der Waals surface area contributed by atoms with Crippen LogP contribution in [0.2, 0.25) is 0 Å². The van der Waals surface area contributed by atoms with Gasteiger partial charge in [0.1, 0.15) is 0 Å². The molecule has 0 aromatic carbocycles. The van der Waals surface area contributed by atoms with Crippen LogP contribution in [0.3, 0.4) is 0 Å². The smallest absolute Gasteiger partial charge is 0.223 e. The largest absolute Gasteiger partial charge is 0.319 e. The number of amides is 1. The zero-order valence-electron chi connectivity index (χ0n) is 15.4. The second-order valence-electron chi connectivity index (χ2n) is 8.84. The molecular formula is C21H31N3O. The molecule has 0 aromatic rings. The summed E-state index contributed by atoms with van der Waals surface area (Å²) in [5.74, 6) is 1.79. The molecular weight excluding hydrogens is 310 g/mol. The Morgan fingerprint density at radius 3 is 3.04 bits per heavy atom. The van der Waals surface area contributed by atoms with E-state index in [4.69, 9.17) is 0 Å². The maximum absolute atomic E-state index is 11.9. The van der Waals surface area contributed by atoms with E-state index in [1.165, 1.54) is 44.2 Å². The minimum absolute atomic E-state index is 0.197. The lowest BCUT2D eigenvalue weighted by atomic mass is 9.62. The SMILES string of the molecule is C=CC[C@H]1[C@H]2C[C@H]3CN1[C@@H]1CCCC3N1[C@H]2C1=CN(C(C)=O)CCC1. The molecule has 4 nitrogen and oxygen atoms in total. The number of carbonyl (C=O) groups excluding carboxylic acids is 1. The first-order valence-electron chi connectivity index (χ1n) is 10.3. The Balaban J connectivity index is 1.54. The fraction of sp³-hybridized carbons (Fsp3) is 0.762. The van der Waals surface area contributed by atoms with Crippen molar-refractivity contribution in [1.29, 1.82) is 0 Å². The molecule has 0 N–H and O–H groups in total. The molecule has 8 atom stereocenters. The van der Waals surface area contributed by atoms with E-state index < -0.39 is 0 Å². The first kappa shape index (κ1) is 16.1. The standard InChI is InChI=1S/C21H31N3O/c1-3-6-19-17-11-16-13-23(19)20-9-4-8-18(16)24(20)21(17)15-7-5-10-22(12-15)14(2)25/h3,12,16-21H,1,4-11,13H2,2H3/t16-,17+,18?,19-,20-,21-/m0/s1. The number of rotatable bonds is 3. The quantitative estimate of drug-likeness (QED) is 0.739. The highest BCUT2D eigenvalue weighted by molar-refractivity contribution is 5.74. The normalized spacial score (nSPS) is 47.6. The number of nitrogens with zero attached hydrogens (tertiary/aromatic N) is 3. The lowest BCUT2D eigenvalue weighted by molar-refractivity contribution is -0.224. The van der Waals surface area contributed by atoms with Crippen molar-refractivity contribution in [2.24, 2.45) is 11.8 Å². The minimum atomic E-state index is 0.197. The molecule has 0 radical (unpaired) electrons. The van der Waals surface area contributed by atoms with Crippen LogP contribution < -0.4 is 0 Å². The van der Waals surface area contributed by atoms with Crippen LogP contribution in [0.5, 0.6) is 0 Å². The van der Waals surface area contributed by atoms with Crippen LogP contribution in [-0.4, -0.2) is 58.0 Å². The van der Waals surface area contributed by atoms with Gasteiger partial charge in [-0.1, -0.05) is 6.08 Å². The van der Waals surface area contributed by atoms with Crippen LogP contribution in [-0.2, 0) is 4.79 Å². The van der Waals surface area contributed by atoms with E-state index in [1.54, 1.807) is 6.92 Å². The molecule has 0 spiro atoms. The van der Waals surface area contributed by atoms with Crippen molar-refractivity contribution in [1.82, 2.24) is 14.7 Å². The average molecular weight is 341 g/mol. The molecule has 3 unspecified atom stereocenters. The van der Waals surface area contributed by atoms with Gasteiger partial charge < -0.3 is 4.90 Å². The second-order valence-corrected chi connectivity index (χ2v) is 8.84. The molecule has 6 aliphatic rings. The fourth-order valence-corrected chi connectivity index (χ4v) is 6.85. The summed E-state index contributed by atoms with van der Waals surface area (Å²) in [6, 6.07) is 2.01. The summed E-state index contributed by atoms with van der Waals surface area (Å²) in [5, 5.41) is 0. The molecule has 136 valence electrons. The average Bonchev–Trinajstić information content (AvgIpc) is 2.62. The van der Waals surface area contributed by atoms with Gasteiger partial charge in [-0.15, -0.1) is 6.58 Å². The first-order valence-corrected chi connectivity index (χ1v) is 10.3. The Labute approximate surface area is 151 Å². The highest BCUT2D eigenvalue weighted by Gasteiger charge is 2.60. The van der Waals surface area contributed by atoms with Crippen LogP contribution in [0.25, 0.3) is 0 Å². The molecule has 25 heavy (non-hydrogen) atoms. The lowest BCUT2D eigenvalue weighted by Gasteiger charge is -2.70. The van der Waals surface area contributed by atoms with Crippen LogP contribution >= 0.6 is 0 Å². The number of carbonyl (C=O) groups is 1. The maximum Gasteiger partial charge on any atom is 0.223 e. The molecule has 6 bridgehead atoms. The Kier molecular flexibility index (Phi) is 3.83. The first-order chi connectivity index (χ1) is 12.2. The predicted octanol–water partition coefficient (Wildman–Crippen LogP) is 2.97. The highest BCUT2D eigenvalue weighted by atomic mass is 16.2.